The fourth-order valence-electron chi connectivity index (χ4n) is 4.31. The van der Waals surface area contributed by atoms with Crippen LogP contribution in [0.4, 0.5) is 5.82 Å². The van der Waals surface area contributed by atoms with E-state index in [4.69, 9.17) is 0 Å². The van der Waals surface area contributed by atoms with E-state index in [1.807, 2.05) is 42.2 Å². The summed E-state index contributed by atoms with van der Waals surface area (Å²) in [7, 11) is 0. The van der Waals surface area contributed by atoms with Gasteiger partial charge in [0.2, 0.25) is 0 Å². The molecular formula is C18H26N6O. The molecular weight excluding hydrogens is 316 g/mol. The number of aromatic nitrogens is 4. The molecule has 25 heavy (non-hydrogen) atoms. The predicted molar refractivity (Wildman–Crippen MR) is 95.3 cm³/mol. The number of aliphatic hydroxyl groups is 1. The summed E-state index contributed by atoms with van der Waals surface area (Å²) >= 11 is 0. The minimum atomic E-state index is -0.0295. The number of anilines is 1. The summed E-state index contributed by atoms with van der Waals surface area (Å²) in [4.78, 5) is 4.79. The third-order valence-corrected chi connectivity index (χ3v) is 5.67. The molecule has 2 aromatic rings. The second-order valence-corrected chi connectivity index (χ2v) is 7.49. The van der Waals surface area contributed by atoms with Crippen molar-refractivity contribution in [2.45, 2.75) is 19.9 Å². The third kappa shape index (κ3) is 3.26. The van der Waals surface area contributed by atoms with Gasteiger partial charge in [-0.3, -0.25) is 4.68 Å². The highest BCUT2D eigenvalue weighted by atomic mass is 16.3. The van der Waals surface area contributed by atoms with Gasteiger partial charge in [0.1, 0.15) is 0 Å². The van der Waals surface area contributed by atoms with Gasteiger partial charge in [-0.1, -0.05) is 0 Å². The Kier molecular flexibility index (Phi) is 4.43. The van der Waals surface area contributed by atoms with Crippen LogP contribution in [0.3, 0.4) is 0 Å². The smallest absolute Gasteiger partial charge is 0.151 e. The zero-order valence-corrected chi connectivity index (χ0v) is 14.8. The molecule has 2 fully saturated rings. The van der Waals surface area contributed by atoms with Crippen LogP contribution in [0.15, 0.2) is 30.6 Å². The van der Waals surface area contributed by atoms with Gasteiger partial charge in [-0.25, -0.2) is 0 Å². The van der Waals surface area contributed by atoms with E-state index in [9.17, 15) is 5.11 Å². The Labute approximate surface area is 148 Å². The monoisotopic (exact) mass is 342 g/mol. The van der Waals surface area contributed by atoms with Crippen molar-refractivity contribution in [3.63, 3.8) is 0 Å². The first kappa shape index (κ1) is 16.5. The topological polar surface area (TPSA) is 70.3 Å². The second kappa shape index (κ2) is 6.72. The Morgan fingerprint density at radius 1 is 1.20 bits per heavy atom. The normalized spacial score (nSPS) is 26.3. The molecule has 2 atom stereocenters. The molecule has 0 radical (unpaired) electrons. The average Bonchev–Trinajstić information content (AvgIpc) is 3.30. The molecule has 0 aliphatic carbocycles. The Balaban J connectivity index is 1.35. The number of aryl methyl sites for hydroxylation is 2. The SMILES string of the molecule is Cc1ccc(N2CC3CN(CCCn4cccn4)CC3(CO)C2)nn1. The van der Waals surface area contributed by atoms with E-state index in [0.717, 1.165) is 57.2 Å². The molecule has 2 aliphatic rings. The molecule has 7 heteroatoms. The molecule has 2 unspecified atom stereocenters. The standard InChI is InChI=1S/C18H26N6O/c1-15-4-5-17(21-20-15)23-11-16-10-22(12-18(16,13-23)14-25)7-3-9-24-8-2-6-19-24/h2,4-6,8,16,25H,3,7,9-14H2,1H3. The lowest BCUT2D eigenvalue weighted by atomic mass is 9.82. The molecule has 0 spiro atoms. The van der Waals surface area contributed by atoms with E-state index in [1.54, 1.807) is 0 Å². The van der Waals surface area contributed by atoms with Gasteiger partial charge >= 0.3 is 0 Å². The Bertz CT molecular complexity index is 688. The van der Waals surface area contributed by atoms with Gasteiger partial charge in [0.25, 0.3) is 0 Å². The maximum atomic E-state index is 10.1. The van der Waals surface area contributed by atoms with Crippen molar-refractivity contribution >= 4 is 5.82 Å². The second-order valence-electron chi connectivity index (χ2n) is 7.49. The van der Waals surface area contributed by atoms with Crippen molar-refractivity contribution in [2.24, 2.45) is 11.3 Å². The zero-order valence-electron chi connectivity index (χ0n) is 14.8. The molecule has 2 aliphatic heterocycles. The lowest BCUT2D eigenvalue weighted by molar-refractivity contribution is 0.125. The van der Waals surface area contributed by atoms with Crippen LogP contribution < -0.4 is 4.90 Å². The largest absolute Gasteiger partial charge is 0.396 e. The number of hydrogen-bond donors (Lipinski definition) is 1. The van der Waals surface area contributed by atoms with E-state index in [2.05, 4.69) is 25.1 Å². The van der Waals surface area contributed by atoms with Crippen molar-refractivity contribution in [3.05, 3.63) is 36.3 Å². The molecule has 0 saturated carbocycles. The molecule has 1 N–H and O–H groups in total. The number of rotatable bonds is 6. The fraction of sp³-hybridized carbons (Fsp3) is 0.611. The summed E-state index contributed by atoms with van der Waals surface area (Å²) in [6, 6.07) is 6.00. The van der Waals surface area contributed by atoms with Crippen molar-refractivity contribution in [1.29, 1.82) is 0 Å². The minimum Gasteiger partial charge on any atom is -0.396 e. The fourth-order valence-corrected chi connectivity index (χ4v) is 4.31. The first-order valence-corrected chi connectivity index (χ1v) is 9.04. The van der Waals surface area contributed by atoms with E-state index < -0.39 is 0 Å². The number of hydrogen-bond acceptors (Lipinski definition) is 6. The maximum Gasteiger partial charge on any atom is 0.151 e. The highest BCUT2D eigenvalue weighted by molar-refractivity contribution is 5.40. The summed E-state index contributed by atoms with van der Waals surface area (Å²) in [5.41, 5.74) is 0.904. The van der Waals surface area contributed by atoms with Crippen LogP contribution in [0.1, 0.15) is 12.1 Å². The number of fused-ring (bicyclic) bond motifs is 1. The molecule has 0 bridgehead atoms. The number of nitrogens with zero attached hydrogens (tertiary/aromatic N) is 6. The van der Waals surface area contributed by atoms with Crippen LogP contribution in [0.25, 0.3) is 0 Å². The Morgan fingerprint density at radius 2 is 2.12 bits per heavy atom. The minimum absolute atomic E-state index is 0.0295. The molecule has 134 valence electrons. The lowest BCUT2D eigenvalue weighted by Gasteiger charge is -2.27. The molecule has 0 aromatic carbocycles. The Morgan fingerprint density at radius 3 is 2.80 bits per heavy atom. The van der Waals surface area contributed by atoms with E-state index in [0.29, 0.717) is 5.92 Å². The number of aliphatic hydroxyl groups excluding tert-OH is 1. The van der Waals surface area contributed by atoms with Gasteiger partial charge in [-0.05, 0) is 44.0 Å². The first-order chi connectivity index (χ1) is 12.2. The predicted octanol–water partition coefficient (Wildman–Crippen LogP) is 0.802. The van der Waals surface area contributed by atoms with Gasteiger partial charge in [0.05, 0.1) is 12.3 Å². The molecule has 4 heterocycles. The summed E-state index contributed by atoms with van der Waals surface area (Å²) < 4.78 is 1.98. The lowest BCUT2D eigenvalue weighted by Crippen LogP contribution is -2.37. The summed E-state index contributed by atoms with van der Waals surface area (Å²) in [5, 5.41) is 22.9. The zero-order chi connectivity index (χ0) is 17.3. The average molecular weight is 342 g/mol. The van der Waals surface area contributed by atoms with Crippen LogP contribution in [-0.4, -0.2) is 69.3 Å². The van der Waals surface area contributed by atoms with Gasteiger partial charge < -0.3 is 14.9 Å². The highest BCUT2D eigenvalue weighted by Gasteiger charge is 2.52. The van der Waals surface area contributed by atoms with Crippen molar-refractivity contribution < 1.29 is 5.11 Å². The highest BCUT2D eigenvalue weighted by Crippen LogP contribution is 2.43. The molecule has 7 nitrogen and oxygen atoms in total. The summed E-state index contributed by atoms with van der Waals surface area (Å²) in [5.74, 6) is 1.42. The summed E-state index contributed by atoms with van der Waals surface area (Å²) in [6.45, 7) is 8.02. The molecule has 2 saturated heterocycles. The van der Waals surface area contributed by atoms with E-state index >= 15 is 0 Å². The van der Waals surface area contributed by atoms with Crippen LogP contribution in [0, 0.1) is 18.3 Å². The Hall–Kier alpha value is -1.99. The van der Waals surface area contributed by atoms with Crippen LogP contribution in [0.5, 0.6) is 0 Å². The van der Waals surface area contributed by atoms with Gasteiger partial charge in [0.15, 0.2) is 5.82 Å². The van der Waals surface area contributed by atoms with Crippen molar-refractivity contribution in [1.82, 2.24) is 24.9 Å². The van der Waals surface area contributed by atoms with Crippen LogP contribution >= 0.6 is 0 Å². The third-order valence-electron chi connectivity index (χ3n) is 5.67. The van der Waals surface area contributed by atoms with Crippen LogP contribution in [-0.2, 0) is 6.54 Å². The van der Waals surface area contributed by atoms with Crippen molar-refractivity contribution in [3.8, 4) is 0 Å². The van der Waals surface area contributed by atoms with E-state index in [1.165, 1.54) is 0 Å². The molecule has 4 rings (SSSR count). The first-order valence-electron chi connectivity index (χ1n) is 9.04. The van der Waals surface area contributed by atoms with Gasteiger partial charge in [-0.15, -0.1) is 5.10 Å². The van der Waals surface area contributed by atoms with E-state index in [-0.39, 0.29) is 12.0 Å². The maximum absolute atomic E-state index is 10.1. The molecule has 0 amide bonds. The van der Waals surface area contributed by atoms with Crippen LogP contribution in [0.2, 0.25) is 0 Å². The van der Waals surface area contributed by atoms with Gasteiger partial charge in [0, 0.05) is 50.5 Å². The van der Waals surface area contributed by atoms with Gasteiger partial charge in [-0.2, -0.15) is 10.2 Å². The molecule has 2 aromatic heterocycles. The van der Waals surface area contributed by atoms with Crippen molar-refractivity contribution in [2.75, 3.05) is 44.2 Å². The quantitative estimate of drug-likeness (QED) is 0.837. The summed E-state index contributed by atoms with van der Waals surface area (Å²) in [6.07, 6.45) is 4.92. The number of likely N-dealkylation sites (tertiary alicyclic amines) is 1.